The van der Waals surface area contributed by atoms with E-state index in [0.717, 1.165) is 29.5 Å². The Bertz CT molecular complexity index is 1670. The van der Waals surface area contributed by atoms with Crippen LogP contribution in [0.5, 0.6) is 0 Å². The molecule has 220 valence electrons. The van der Waals surface area contributed by atoms with Crippen LogP contribution in [0.1, 0.15) is 36.8 Å². The van der Waals surface area contributed by atoms with Gasteiger partial charge in [0, 0.05) is 65.3 Å². The summed E-state index contributed by atoms with van der Waals surface area (Å²) in [6.45, 7) is 1.16. The summed E-state index contributed by atoms with van der Waals surface area (Å²) < 4.78 is 1.79. The summed E-state index contributed by atoms with van der Waals surface area (Å²) in [5, 5.41) is 2.97. The maximum absolute atomic E-state index is 13.1. The van der Waals surface area contributed by atoms with Gasteiger partial charge in [0.15, 0.2) is 5.78 Å². The minimum Gasteiger partial charge on any atom is -0.330 e. The molecule has 2 atom stereocenters. The van der Waals surface area contributed by atoms with Crippen molar-refractivity contribution in [1.29, 1.82) is 0 Å². The number of benzene rings is 2. The number of aromatic nitrogens is 3. The molecule has 0 aliphatic carbocycles. The standard InChI is InChI=1S/C32H31BrN6O4/c33-31(43)39-15-4-8-26(39)28(40)16-22-18-34-32-36-25(20-37(32)19-22)23-10-12-24(13-11-23)35-30(42)27-9-5-14-38(27)29(41)17-21-6-2-1-3-7-21/h1-3,6-7,10-13,18-20,26-27H,4-5,8-9,14-17H2,(H,35,42)/t26-,27-/m0/s1. The van der Waals surface area contributed by atoms with Gasteiger partial charge in [-0.15, -0.1) is 0 Å². The lowest BCUT2D eigenvalue weighted by Crippen LogP contribution is -2.43. The zero-order valence-corrected chi connectivity index (χ0v) is 25.1. The Labute approximate surface area is 257 Å². The molecule has 43 heavy (non-hydrogen) atoms. The third kappa shape index (κ3) is 6.36. The fourth-order valence-corrected chi connectivity index (χ4v) is 6.37. The summed E-state index contributed by atoms with van der Waals surface area (Å²) >= 11 is 2.98. The van der Waals surface area contributed by atoms with E-state index in [2.05, 4.69) is 31.2 Å². The summed E-state index contributed by atoms with van der Waals surface area (Å²) in [6, 6.07) is 16.1. The number of halogens is 1. The molecule has 0 bridgehead atoms. The number of anilines is 1. The number of Topliss-reactive ketones (excluding diaryl/α,β-unsaturated/α-hetero) is 1. The molecule has 0 saturated carbocycles. The molecule has 0 spiro atoms. The predicted octanol–water partition coefficient (Wildman–Crippen LogP) is 4.66. The summed E-state index contributed by atoms with van der Waals surface area (Å²) in [4.78, 5) is 62.8. The van der Waals surface area contributed by atoms with Crippen molar-refractivity contribution in [2.45, 2.75) is 50.6 Å². The van der Waals surface area contributed by atoms with Crippen LogP contribution in [-0.2, 0) is 27.2 Å². The van der Waals surface area contributed by atoms with Crippen molar-refractivity contribution in [2.24, 2.45) is 0 Å². The number of ketones is 1. The number of hydrogen-bond acceptors (Lipinski definition) is 6. The molecule has 6 rings (SSSR count). The number of nitrogens with one attached hydrogen (secondary N) is 1. The van der Waals surface area contributed by atoms with E-state index in [4.69, 9.17) is 0 Å². The fraction of sp³-hybridized carbons (Fsp3) is 0.312. The van der Waals surface area contributed by atoms with Crippen molar-refractivity contribution < 1.29 is 19.2 Å². The number of rotatable bonds is 8. The van der Waals surface area contributed by atoms with Crippen LogP contribution < -0.4 is 5.32 Å². The number of amides is 3. The van der Waals surface area contributed by atoms with Crippen molar-refractivity contribution in [3.8, 4) is 11.3 Å². The fourth-order valence-electron chi connectivity index (χ4n) is 5.95. The van der Waals surface area contributed by atoms with E-state index in [9.17, 15) is 19.2 Å². The molecular weight excluding hydrogens is 612 g/mol. The molecular formula is C32H31BrN6O4. The molecule has 4 aromatic rings. The molecule has 11 heteroatoms. The van der Waals surface area contributed by atoms with Gasteiger partial charge >= 0.3 is 0 Å². The van der Waals surface area contributed by atoms with Crippen LogP contribution in [0.3, 0.4) is 0 Å². The highest BCUT2D eigenvalue weighted by Gasteiger charge is 2.34. The van der Waals surface area contributed by atoms with Crippen molar-refractivity contribution in [1.82, 2.24) is 24.2 Å². The minimum atomic E-state index is -0.488. The Morgan fingerprint density at radius 2 is 1.56 bits per heavy atom. The third-order valence-electron chi connectivity index (χ3n) is 8.11. The number of fused-ring (bicyclic) bond motifs is 1. The monoisotopic (exact) mass is 642 g/mol. The number of hydrogen-bond donors (Lipinski definition) is 1. The van der Waals surface area contributed by atoms with Gasteiger partial charge in [0.2, 0.25) is 17.6 Å². The maximum atomic E-state index is 13.1. The summed E-state index contributed by atoms with van der Waals surface area (Å²) in [7, 11) is 0. The van der Waals surface area contributed by atoms with Crippen LogP contribution in [0.25, 0.3) is 17.0 Å². The quantitative estimate of drug-likeness (QED) is 0.221. The van der Waals surface area contributed by atoms with E-state index in [1.165, 1.54) is 0 Å². The maximum Gasteiger partial charge on any atom is 0.290 e. The highest BCUT2D eigenvalue weighted by Crippen LogP contribution is 2.25. The first kappa shape index (κ1) is 28.7. The Morgan fingerprint density at radius 3 is 2.30 bits per heavy atom. The highest BCUT2D eigenvalue weighted by atomic mass is 79.9. The van der Waals surface area contributed by atoms with Crippen molar-refractivity contribution in [3.63, 3.8) is 0 Å². The van der Waals surface area contributed by atoms with Gasteiger partial charge in [-0.1, -0.05) is 42.5 Å². The second kappa shape index (κ2) is 12.5. The molecule has 2 aromatic heterocycles. The van der Waals surface area contributed by atoms with Crippen LogP contribution in [-0.4, -0.2) is 71.8 Å². The molecule has 0 unspecified atom stereocenters. The normalized spacial score (nSPS) is 18.3. The first-order valence-corrected chi connectivity index (χ1v) is 15.2. The average molecular weight is 644 g/mol. The zero-order valence-electron chi connectivity index (χ0n) is 23.5. The molecule has 0 radical (unpaired) electrons. The molecule has 2 aromatic carbocycles. The van der Waals surface area contributed by atoms with Gasteiger partial charge in [0.25, 0.3) is 4.82 Å². The largest absolute Gasteiger partial charge is 0.330 e. The SMILES string of the molecule is O=C(Cc1cnc2nc(-c3ccc(NC(=O)[C@@H]4CCCN4C(=O)Cc4ccccc4)cc3)cn2c1)[C@@H]1CCCN1C(=O)Br. The van der Waals surface area contributed by atoms with Crippen LogP contribution in [0.4, 0.5) is 10.5 Å². The summed E-state index contributed by atoms with van der Waals surface area (Å²) in [5.74, 6) is 0.266. The molecule has 2 aliphatic heterocycles. The van der Waals surface area contributed by atoms with E-state index in [-0.39, 0.29) is 35.3 Å². The van der Waals surface area contributed by atoms with Gasteiger partial charge in [0.1, 0.15) is 6.04 Å². The lowest BCUT2D eigenvalue weighted by molar-refractivity contribution is -0.136. The van der Waals surface area contributed by atoms with Crippen LogP contribution in [0, 0.1) is 0 Å². The van der Waals surface area contributed by atoms with Crippen LogP contribution in [0.15, 0.2) is 73.2 Å². The summed E-state index contributed by atoms with van der Waals surface area (Å²) in [6.07, 6.45) is 8.72. The highest BCUT2D eigenvalue weighted by molar-refractivity contribution is 9.18. The van der Waals surface area contributed by atoms with Gasteiger partial charge in [-0.3, -0.25) is 23.6 Å². The smallest absolute Gasteiger partial charge is 0.290 e. The number of imidazole rings is 1. The molecule has 3 amide bonds. The van der Waals surface area contributed by atoms with Crippen LogP contribution in [0.2, 0.25) is 0 Å². The second-order valence-corrected chi connectivity index (χ2v) is 11.7. The topological polar surface area (TPSA) is 117 Å². The van der Waals surface area contributed by atoms with E-state index in [1.54, 1.807) is 20.4 Å². The Balaban J connectivity index is 1.09. The van der Waals surface area contributed by atoms with Gasteiger partial charge in [-0.2, -0.15) is 0 Å². The van der Waals surface area contributed by atoms with Gasteiger partial charge in [0.05, 0.1) is 18.2 Å². The van der Waals surface area contributed by atoms with Crippen molar-refractivity contribution in [3.05, 3.63) is 84.3 Å². The van der Waals surface area contributed by atoms with Gasteiger partial charge in [-0.25, -0.2) is 9.97 Å². The Kier molecular flexibility index (Phi) is 8.33. The average Bonchev–Trinajstić information content (AvgIpc) is 3.78. The number of nitrogens with zero attached hydrogens (tertiary/aromatic N) is 5. The molecule has 2 saturated heterocycles. The number of carbonyl (C=O) groups is 4. The van der Waals surface area contributed by atoms with Crippen molar-refractivity contribution >= 4 is 49.8 Å². The number of carbonyl (C=O) groups excluding carboxylic acids is 4. The van der Waals surface area contributed by atoms with E-state index >= 15 is 0 Å². The molecule has 10 nitrogen and oxygen atoms in total. The Morgan fingerprint density at radius 1 is 0.837 bits per heavy atom. The zero-order chi connectivity index (χ0) is 29.9. The minimum absolute atomic E-state index is 0.00860. The first-order chi connectivity index (χ1) is 20.9. The van der Waals surface area contributed by atoms with Gasteiger partial charge < -0.3 is 15.1 Å². The molecule has 4 heterocycles. The number of likely N-dealkylation sites (tertiary alicyclic amines) is 2. The van der Waals surface area contributed by atoms with E-state index in [1.807, 2.05) is 67.0 Å². The molecule has 2 fully saturated rings. The summed E-state index contributed by atoms with van der Waals surface area (Å²) in [5.41, 5.74) is 3.87. The Hall–Kier alpha value is -4.38. The van der Waals surface area contributed by atoms with Gasteiger partial charge in [-0.05, 0) is 48.9 Å². The molecule has 2 aliphatic rings. The van der Waals surface area contributed by atoms with Crippen molar-refractivity contribution in [2.75, 3.05) is 18.4 Å². The lowest BCUT2D eigenvalue weighted by atomic mass is 10.0. The second-order valence-electron chi connectivity index (χ2n) is 11.0. The third-order valence-corrected chi connectivity index (χ3v) is 8.57. The lowest BCUT2D eigenvalue weighted by Gasteiger charge is -2.24. The first-order valence-electron chi connectivity index (χ1n) is 14.4. The predicted molar refractivity (Wildman–Crippen MR) is 165 cm³/mol. The van der Waals surface area contributed by atoms with E-state index in [0.29, 0.717) is 43.1 Å². The molecule has 1 N–H and O–H groups in total. The van der Waals surface area contributed by atoms with E-state index < -0.39 is 12.1 Å². The van der Waals surface area contributed by atoms with Crippen LogP contribution >= 0.6 is 15.9 Å².